The van der Waals surface area contributed by atoms with E-state index < -0.39 is 0 Å². The third-order valence-corrected chi connectivity index (χ3v) is 2.80. The molecule has 1 heterocycles. The summed E-state index contributed by atoms with van der Waals surface area (Å²) in [4.78, 5) is 4.21. The highest BCUT2D eigenvalue weighted by Crippen LogP contribution is 2.35. The summed E-state index contributed by atoms with van der Waals surface area (Å²) in [6, 6.07) is 0. The number of nitrogens with zero attached hydrogens (tertiary/aromatic N) is 2. The fourth-order valence-corrected chi connectivity index (χ4v) is 2.02. The van der Waals surface area contributed by atoms with Crippen LogP contribution in [0.3, 0.4) is 0 Å². The molecule has 12 heavy (non-hydrogen) atoms. The molecule has 0 spiro atoms. The Labute approximate surface area is 71.8 Å². The molecular formula is C8H14N4. The van der Waals surface area contributed by atoms with Crippen LogP contribution in [-0.4, -0.2) is 22.2 Å². The lowest BCUT2D eigenvalue weighted by atomic mass is 9.97. The van der Waals surface area contributed by atoms with Crippen molar-refractivity contribution in [3.05, 3.63) is 12.2 Å². The van der Waals surface area contributed by atoms with Crippen molar-refractivity contribution in [1.82, 2.24) is 20.5 Å². The largest absolute Gasteiger partial charge is 0.308 e. The van der Waals surface area contributed by atoms with E-state index >= 15 is 0 Å². The molecule has 1 fully saturated rings. The van der Waals surface area contributed by atoms with Gasteiger partial charge in [0.1, 0.15) is 12.2 Å². The lowest BCUT2D eigenvalue weighted by Crippen LogP contribution is -2.38. The van der Waals surface area contributed by atoms with Crippen molar-refractivity contribution in [1.29, 1.82) is 0 Å². The van der Waals surface area contributed by atoms with Crippen molar-refractivity contribution in [3.8, 4) is 0 Å². The zero-order valence-electron chi connectivity index (χ0n) is 7.30. The van der Waals surface area contributed by atoms with Crippen molar-refractivity contribution < 1.29 is 0 Å². The molecule has 1 aliphatic rings. The summed E-state index contributed by atoms with van der Waals surface area (Å²) >= 11 is 0. The summed E-state index contributed by atoms with van der Waals surface area (Å²) in [5.41, 5.74) is 0.0799. The predicted molar refractivity (Wildman–Crippen MR) is 45.6 cm³/mol. The van der Waals surface area contributed by atoms with Crippen molar-refractivity contribution in [2.45, 2.75) is 31.2 Å². The molecular weight excluding hydrogens is 152 g/mol. The van der Waals surface area contributed by atoms with Crippen LogP contribution in [0.4, 0.5) is 0 Å². The Bertz CT molecular complexity index is 236. The zero-order valence-corrected chi connectivity index (χ0v) is 7.30. The van der Waals surface area contributed by atoms with Gasteiger partial charge in [-0.05, 0) is 19.9 Å². The van der Waals surface area contributed by atoms with Crippen LogP contribution < -0.4 is 5.32 Å². The summed E-state index contributed by atoms with van der Waals surface area (Å²) in [5.74, 6) is 0.988. The number of hydrogen-bond acceptors (Lipinski definition) is 3. The second kappa shape index (κ2) is 2.86. The van der Waals surface area contributed by atoms with Crippen molar-refractivity contribution in [2.75, 3.05) is 7.05 Å². The molecule has 0 aliphatic heterocycles. The quantitative estimate of drug-likeness (QED) is 0.683. The first kappa shape index (κ1) is 7.73. The van der Waals surface area contributed by atoms with Crippen molar-refractivity contribution in [3.63, 3.8) is 0 Å². The molecule has 1 saturated carbocycles. The minimum atomic E-state index is 0.0799. The number of H-pyrrole nitrogens is 1. The summed E-state index contributed by atoms with van der Waals surface area (Å²) in [7, 11) is 1.99. The lowest BCUT2D eigenvalue weighted by Gasteiger charge is -2.25. The molecule has 4 nitrogen and oxygen atoms in total. The summed E-state index contributed by atoms with van der Waals surface area (Å²) in [5, 5.41) is 10.2. The summed E-state index contributed by atoms with van der Waals surface area (Å²) < 4.78 is 0. The minimum absolute atomic E-state index is 0.0799. The van der Waals surface area contributed by atoms with Gasteiger partial charge in [0.25, 0.3) is 0 Å². The molecule has 1 aromatic heterocycles. The Hall–Kier alpha value is -0.900. The molecule has 2 rings (SSSR count). The molecule has 0 saturated heterocycles. The third-order valence-electron chi connectivity index (χ3n) is 2.80. The number of hydrogen-bond donors (Lipinski definition) is 2. The van der Waals surface area contributed by atoms with Gasteiger partial charge in [-0.2, -0.15) is 5.10 Å². The maximum atomic E-state index is 4.21. The smallest absolute Gasteiger partial charge is 0.144 e. The molecule has 4 heteroatoms. The van der Waals surface area contributed by atoms with E-state index in [0.29, 0.717) is 0 Å². The van der Waals surface area contributed by atoms with E-state index in [1.54, 1.807) is 6.33 Å². The first-order chi connectivity index (χ1) is 5.87. The summed E-state index contributed by atoms with van der Waals surface area (Å²) in [6.45, 7) is 0. The van der Waals surface area contributed by atoms with Crippen molar-refractivity contribution >= 4 is 0 Å². The standard InChI is InChI=1S/C8H14N4/c1-9-8(4-2-3-5-8)7-10-6-11-12-7/h6,9H,2-5H2,1H3,(H,10,11,12). The molecule has 0 amide bonds. The Morgan fingerprint density at radius 1 is 1.50 bits per heavy atom. The van der Waals surface area contributed by atoms with Gasteiger partial charge >= 0.3 is 0 Å². The molecule has 2 N–H and O–H groups in total. The van der Waals surface area contributed by atoms with Crippen LogP contribution in [0.15, 0.2) is 6.33 Å². The highest BCUT2D eigenvalue weighted by Gasteiger charge is 2.36. The monoisotopic (exact) mass is 166 g/mol. The van der Waals surface area contributed by atoms with E-state index in [2.05, 4.69) is 20.5 Å². The first-order valence-corrected chi connectivity index (χ1v) is 4.42. The minimum Gasteiger partial charge on any atom is -0.308 e. The second-order valence-electron chi connectivity index (χ2n) is 3.37. The fourth-order valence-electron chi connectivity index (χ4n) is 2.02. The fraction of sp³-hybridized carbons (Fsp3) is 0.750. The molecule has 1 aromatic rings. The van der Waals surface area contributed by atoms with Crippen LogP contribution in [-0.2, 0) is 5.54 Å². The second-order valence-corrected chi connectivity index (χ2v) is 3.37. The lowest BCUT2D eigenvalue weighted by molar-refractivity contribution is 0.351. The molecule has 0 atom stereocenters. The molecule has 66 valence electrons. The molecule has 0 radical (unpaired) electrons. The predicted octanol–water partition coefficient (Wildman–Crippen LogP) is 0.793. The first-order valence-electron chi connectivity index (χ1n) is 4.42. The van der Waals surface area contributed by atoms with Crippen molar-refractivity contribution in [2.24, 2.45) is 0 Å². The highest BCUT2D eigenvalue weighted by molar-refractivity contribution is 5.06. The Morgan fingerprint density at radius 2 is 2.25 bits per heavy atom. The van der Waals surface area contributed by atoms with Gasteiger partial charge in [0.2, 0.25) is 0 Å². The van der Waals surface area contributed by atoms with Gasteiger partial charge in [-0.3, -0.25) is 5.10 Å². The van der Waals surface area contributed by atoms with Gasteiger partial charge < -0.3 is 5.32 Å². The maximum absolute atomic E-state index is 4.21. The number of aromatic amines is 1. The van der Waals surface area contributed by atoms with Gasteiger partial charge in [-0.15, -0.1) is 0 Å². The van der Waals surface area contributed by atoms with Gasteiger partial charge in [0, 0.05) is 0 Å². The van der Waals surface area contributed by atoms with Crippen LogP contribution >= 0.6 is 0 Å². The number of nitrogens with one attached hydrogen (secondary N) is 2. The average Bonchev–Trinajstić information content (AvgIpc) is 2.76. The zero-order chi connectivity index (χ0) is 8.44. The van der Waals surface area contributed by atoms with E-state index in [4.69, 9.17) is 0 Å². The van der Waals surface area contributed by atoms with Gasteiger partial charge in [-0.1, -0.05) is 12.8 Å². The number of rotatable bonds is 2. The molecule has 0 aromatic carbocycles. The maximum Gasteiger partial charge on any atom is 0.144 e. The molecule has 0 bridgehead atoms. The average molecular weight is 166 g/mol. The van der Waals surface area contributed by atoms with E-state index in [9.17, 15) is 0 Å². The Balaban J connectivity index is 2.28. The van der Waals surface area contributed by atoms with Crippen LogP contribution in [0.25, 0.3) is 0 Å². The summed E-state index contributed by atoms with van der Waals surface area (Å²) in [6.07, 6.45) is 6.47. The van der Waals surface area contributed by atoms with E-state index in [-0.39, 0.29) is 5.54 Å². The van der Waals surface area contributed by atoms with Gasteiger partial charge in [-0.25, -0.2) is 4.98 Å². The van der Waals surface area contributed by atoms with Crippen LogP contribution in [0, 0.1) is 0 Å². The molecule has 0 unspecified atom stereocenters. The normalized spacial score (nSPS) is 21.4. The third kappa shape index (κ3) is 1.03. The topological polar surface area (TPSA) is 53.6 Å². The van der Waals surface area contributed by atoms with Gasteiger partial charge in [0.15, 0.2) is 0 Å². The Morgan fingerprint density at radius 3 is 2.75 bits per heavy atom. The highest BCUT2D eigenvalue weighted by atomic mass is 15.2. The van der Waals surface area contributed by atoms with Crippen LogP contribution in [0.5, 0.6) is 0 Å². The SMILES string of the molecule is CNC1(c2ncn[nH]2)CCCC1. The Kier molecular flexibility index (Phi) is 1.84. The number of aromatic nitrogens is 3. The van der Waals surface area contributed by atoms with Gasteiger partial charge in [0.05, 0.1) is 5.54 Å². The van der Waals surface area contributed by atoms with Crippen LogP contribution in [0.2, 0.25) is 0 Å². The van der Waals surface area contributed by atoms with E-state index in [0.717, 1.165) is 5.82 Å². The molecule has 1 aliphatic carbocycles. The van der Waals surface area contributed by atoms with E-state index in [1.807, 2.05) is 7.05 Å². The van der Waals surface area contributed by atoms with E-state index in [1.165, 1.54) is 25.7 Å². The van der Waals surface area contributed by atoms with Crippen LogP contribution in [0.1, 0.15) is 31.5 Å².